The third-order valence-corrected chi connectivity index (χ3v) is 3.00. The Morgan fingerprint density at radius 3 is 2.06 bits per heavy atom. The predicted octanol–water partition coefficient (Wildman–Crippen LogP) is 3.87. The van der Waals surface area contributed by atoms with Gasteiger partial charge in [0.25, 0.3) is 0 Å². The molecule has 18 heavy (non-hydrogen) atoms. The molecule has 0 aliphatic rings. The van der Waals surface area contributed by atoms with Gasteiger partial charge in [-0.15, -0.1) is 0 Å². The Morgan fingerprint density at radius 1 is 0.944 bits per heavy atom. The highest BCUT2D eigenvalue weighted by atomic mass is 16.5. The zero-order chi connectivity index (χ0) is 13.1. The summed E-state index contributed by atoms with van der Waals surface area (Å²) in [4.78, 5) is 0. The van der Waals surface area contributed by atoms with Crippen molar-refractivity contribution < 1.29 is 4.74 Å². The van der Waals surface area contributed by atoms with Crippen LogP contribution >= 0.6 is 0 Å². The van der Waals surface area contributed by atoms with Crippen LogP contribution in [0.4, 0.5) is 5.69 Å². The molecule has 0 aliphatic carbocycles. The van der Waals surface area contributed by atoms with Crippen molar-refractivity contribution in [2.24, 2.45) is 0 Å². The maximum Gasteiger partial charge on any atom is 0.216 e. The molecule has 2 aromatic carbocycles. The minimum Gasteiger partial charge on any atom is -0.618 e. The zero-order valence-corrected chi connectivity index (χ0v) is 11.0. The molecule has 0 bridgehead atoms. The van der Waals surface area contributed by atoms with Crippen molar-refractivity contribution in [1.29, 1.82) is 0 Å². The summed E-state index contributed by atoms with van der Waals surface area (Å²) in [6.07, 6.45) is 1.65. The van der Waals surface area contributed by atoms with Gasteiger partial charge in [0.2, 0.25) is 5.69 Å². The summed E-state index contributed by atoms with van der Waals surface area (Å²) in [6.45, 7) is 6.13. The first-order valence-corrected chi connectivity index (χ1v) is 6.02. The molecule has 0 atom stereocenters. The van der Waals surface area contributed by atoms with Crippen molar-refractivity contribution in [2.75, 3.05) is 0 Å². The molecule has 0 spiro atoms. The van der Waals surface area contributed by atoms with Crippen LogP contribution in [-0.4, -0.2) is 11.0 Å². The van der Waals surface area contributed by atoms with Crippen LogP contribution in [0.25, 0.3) is 0 Å². The van der Waals surface area contributed by atoms with Gasteiger partial charge in [0.15, 0.2) is 6.21 Å². The van der Waals surface area contributed by atoms with Crippen molar-refractivity contribution in [1.82, 2.24) is 0 Å². The molecule has 0 aromatic heterocycles. The van der Waals surface area contributed by atoms with Crippen molar-refractivity contribution in [3.63, 3.8) is 0 Å². The standard InChI is InChI=1S/C16H17NO/c1-12-9-13(2)16(14(3)10-12)11-17(18)15-7-5-4-6-8-15/h4-11H,1-3H3/b17-11-. The number of nitrogens with zero attached hydrogens (tertiary/aromatic N) is 1. The Hall–Kier alpha value is -2.09. The molecule has 0 amide bonds. The lowest BCUT2D eigenvalue weighted by atomic mass is 10.0. The van der Waals surface area contributed by atoms with Crippen molar-refractivity contribution in [2.45, 2.75) is 20.8 Å². The van der Waals surface area contributed by atoms with E-state index in [4.69, 9.17) is 0 Å². The second-order valence-corrected chi connectivity index (χ2v) is 4.60. The molecular weight excluding hydrogens is 222 g/mol. The first-order valence-electron chi connectivity index (χ1n) is 6.02. The van der Waals surface area contributed by atoms with Gasteiger partial charge in [-0.05, 0) is 31.9 Å². The monoisotopic (exact) mass is 239 g/mol. The van der Waals surface area contributed by atoms with Crippen LogP contribution < -0.4 is 0 Å². The topological polar surface area (TPSA) is 26.1 Å². The first kappa shape index (κ1) is 12.4. The third kappa shape index (κ3) is 2.59. The summed E-state index contributed by atoms with van der Waals surface area (Å²) in [6, 6.07) is 13.4. The van der Waals surface area contributed by atoms with E-state index in [1.54, 1.807) is 6.21 Å². The van der Waals surface area contributed by atoms with E-state index in [1.165, 1.54) is 5.56 Å². The number of rotatable bonds is 2. The summed E-state index contributed by atoms with van der Waals surface area (Å²) in [7, 11) is 0. The van der Waals surface area contributed by atoms with Gasteiger partial charge < -0.3 is 5.21 Å². The number of benzene rings is 2. The van der Waals surface area contributed by atoms with Crippen LogP contribution in [0.1, 0.15) is 22.3 Å². The molecule has 2 heteroatoms. The third-order valence-electron chi connectivity index (χ3n) is 3.00. The van der Waals surface area contributed by atoms with Gasteiger partial charge in [0.1, 0.15) is 0 Å². The van der Waals surface area contributed by atoms with Gasteiger partial charge in [-0.25, -0.2) is 0 Å². The number of hydrogen-bond donors (Lipinski definition) is 0. The van der Waals surface area contributed by atoms with Crippen LogP contribution in [0.3, 0.4) is 0 Å². The quantitative estimate of drug-likeness (QED) is 0.338. The van der Waals surface area contributed by atoms with Crippen LogP contribution in [-0.2, 0) is 0 Å². The van der Waals surface area contributed by atoms with E-state index in [0.29, 0.717) is 5.69 Å². The van der Waals surface area contributed by atoms with Crippen molar-refractivity contribution in [3.05, 3.63) is 69.9 Å². The molecule has 0 unspecified atom stereocenters. The molecule has 0 heterocycles. The minimum absolute atomic E-state index is 0.650. The van der Waals surface area contributed by atoms with Gasteiger partial charge in [-0.1, -0.05) is 35.9 Å². The van der Waals surface area contributed by atoms with Crippen molar-refractivity contribution in [3.8, 4) is 0 Å². The zero-order valence-electron chi connectivity index (χ0n) is 11.0. The Kier molecular flexibility index (Phi) is 3.47. The summed E-state index contributed by atoms with van der Waals surface area (Å²) >= 11 is 0. The van der Waals surface area contributed by atoms with Crippen molar-refractivity contribution >= 4 is 11.9 Å². The van der Waals surface area contributed by atoms with Crippen LogP contribution in [0, 0.1) is 26.0 Å². The minimum atomic E-state index is 0.650. The molecule has 92 valence electrons. The van der Waals surface area contributed by atoms with E-state index in [-0.39, 0.29) is 0 Å². The molecule has 2 aromatic rings. The predicted molar refractivity (Wildman–Crippen MR) is 75.5 cm³/mol. The van der Waals surface area contributed by atoms with Gasteiger partial charge in [0.05, 0.1) is 0 Å². The highest BCUT2D eigenvalue weighted by Crippen LogP contribution is 2.16. The Bertz CT molecular complexity index is 562. The highest BCUT2D eigenvalue weighted by Gasteiger charge is 2.06. The summed E-state index contributed by atoms with van der Waals surface area (Å²) in [5, 5.41) is 12.1. The maximum atomic E-state index is 12.1. The van der Waals surface area contributed by atoms with Gasteiger partial charge in [0, 0.05) is 17.7 Å². The van der Waals surface area contributed by atoms with Crippen LogP contribution in [0.5, 0.6) is 0 Å². The van der Waals surface area contributed by atoms with Crippen LogP contribution in [0.15, 0.2) is 42.5 Å². The lowest BCUT2D eigenvalue weighted by Gasteiger charge is -2.08. The number of aryl methyl sites for hydroxylation is 3. The largest absolute Gasteiger partial charge is 0.618 e. The van der Waals surface area contributed by atoms with E-state index < -0.39 is 0 Å². The molecule has 0 saturated heterocycles. The Balaban J connectivity index is 2.45. The fourth-order valence-electron chi connectivity index (χ4n) is 2.16. The van der Waals surface area contributed by atoms with E-state index >= 15 is 0 Å². The average Bonchev–Trinajstić information content (AvgIpc) is 2.34. The van der Waals surface area contributed by atoms with E-state index in [1.807, 2.05) is 44.2 Å². The fourth-order valence-corrected chi connectivity index (χ4v) is 2.16. The highest BCUT2D eigenvalue weighted by molar-refractivity contribution is 5.81. The fraction of sp³-hybridized carbons (Fsp3) is 0.188. The molecule has 0 fully saturated rings. The Morgan fingerprint density at radius 2 is 1.50 bits per heavy atom. The number of hydrogen-bond acceptors (Lipinski definition) is 1. The maximum absolute atomic E-state index is 12.1. The van der Waals surface area contributed by atoms with E-state index in [9.17, 15) is 5.21 Å². The van der Waals surface area contributed by atoms with Crippen LogP contribution in [0.2, 0.25) is 0 Å². The smallest absolute Gasteiger partial charge is 0.216 e. The SMILES string of the molecule is Cc1cc(C)c(/C=[N+](\[O-])c2ccccc2)c(C)c1. The molecule has 0 radical (unpaired) electrons. The molecule has 0 aliphatic heterocycles. The number of para-hydroxylation sites is 1. The second kappa shape index (κ2) is 5.05. The second-order valence-electron chi connectivity index (χ2n) is 4.60. The van der Waals surface area contributed by atoms with E-state index in [2.05, 4.69) is 19.1 Å². The summed E-state index contributed by atoms with van der Waals surface area (Å²) in [5.41, 5.74) is 5.13. The molecule has 0 N–H and O–H groups in total. The Labute approximate surface area is 108 Å². The molecule has 2 rings (SSSR count). The summed E-state index contributed by atoms with van der Waals surface area (Å²) in [5.74, 6) is 0. The van der Waals surface area contributed by atoms with E-state index in [0.717, 1.165) is 21.4 Å². The average molecular weight is 239 g/mol. The van der Waals surface area contributed by atoms with Gasteiger partial charge in [-0.2, -0.15) is 4.74 Å². The molecule has 0 saturated carbocycles. The molecular formula is C16H17NO. The van der Waals surface area contributed by atoms with Gasteiger partial charge >= 0.3 is 0 Å². The summed E-state index contributed by atoms with van der Waals surface area (Å²) < 4.78 is 0.921. The molecule has 2 nitrogen and oxygen atoms in total. The lowest BCUT2D eigenvalue weighted by Crippen LogP contribution is -2.02. The lowest BCUT2D eigenvalue weighted by molar-refractivity contribution is -0.354. The normalized spacial score (nSPS) is 11.6. The van der Waals surface area contributed by atoms with Gasteiger partial charge in [-0.3, -0.25) is 0 Å². The first-order chi connectivity index (χ1) is 8.58.